The van der Waals surface area contributed by atoms with E-state index >= 15 is 0 Å². The maximum absolute atomic E-state index is 5.30. The van der Waals surface area contributed by atoms with Crippen LogP contribution in [0, 0.1) is 0 Å². The normalized spacial score (nSPS) is 10.6. The molecule has 0 bridgehead atoms. The Morgan fingerprint density at radius 1 is 0.833 bits per heavy atom. The van der Waals surface area contributed by atoms with E-state index < -0.39 is 0 Å². The molecule has 2 heteroatoms. The molecule has 0 unspecified atom stereocenters. The third-order valence-corrected chi connectivity index (χ3v) is 2.69. The van der Waals surface area contributed by atoms with Gasteiger partial charge >= 0.3 is 0 Å². The first kappa shape index (κ1) is 12.2. The molecule has 0 aliphatic rings. The van der Waals surface area contributed by atoms with Crippen LogP contribution in [-0.2, 0) is 0 Å². The minimum Gasteiger partial charge on any atom is -0.497 e. The highest BCUT2D eigenvalue weighted by Crippen LogP contribution is 2.21. The van der Waals surface area contributed by atoms with Crippen LogP contribution < -0.4 is 9.47 Å². The van der Waals surface area contributed by atoms with E-state index in [2.05, 4.69) is 0 Å². The minimum atomic E-state index is 0.858. The Kier molecular flexibility index (Phi) is 4.02. The molecule has 2 aromatic rings. The molecular formula is C16H16O2. The van der Waals surface area contributed by atoms with Gasteiger partial charge in [-0.1, -0.05) is 42.5 Å². The lowest BCUT2D eigenvalue weighted by Gasteiger charge is -2.04. The molecule has 2 aromatic carbocycles. The molecule has 2 nitrogen and oxygen atoms in total. The molecule has 92 valence electrons. The quantitative estimate of drug-likeness (QED) is 0.755. The van der Waals surface area contributed by atoms with Gasteiger partial charge in [0.15, 0.2) is 0 Å². The van der Waals surface area contributed by atoms with E-state index in [0.29, 0.717) is 0 Å². The smallest absolute Gasteiger partial charge is 0.126 e. The lowest BCUT2D eigenvalue weighted by Crippen LogP contribution is -1.85. The zero-order valence-corrected chi connectivity index (χ0v) is 10.6. The predicted octanol–water partition coefficient (Wildman–Crippen LogP) is 3.87. The molecule has 0 atom stereocenters. The van der Waals surface area contributed by atoms with Gasteiger partial charge in [0, 0.05) is 5.56 Å². The number of rotatable bonds is 4. The number of ether oxygens (including phenoxy) is 2. The number of para-hydroxylation sites is 1. The maximum Gasteiger partial charge on any atom is 0.126 e. The molecule has 0 aliphatic carbocycles. The molecule has 0 aromatic heterocycles. The largest absolute Gasteiger partial charge is 0.497 e. The highest BCUT2D eigenvalue weighted by molar-refractivity contribution is 5.72. The van der Waals surface area contributed by atoms with E-state index in [9.17, 15) is 0 Å². The van der Waals surface area contributed by atoms with Gasteiger partial charge in [-0.05, 0) is 23.8 Å². The van der Waals surface area contributed by atoms with Crippen molar-refractivity contribution in [3.05, 3.63) is 59.7 Å². The Hall–Kier alpha value is -2.22. The van der Waals surface area contributed by atoms with Crippen LogP contribution in [0.1, 0.15) is 11.1 Å². The summed E-state index contributed by atoms with van der Waals surface area (Å²) in [7, 11) is 3.35. The van der Waals surface area contributed by atoms with Gasteiger partial charge in [0.05, 0.1) is 14.2 Å². The van der Waals surface area contributed by atoms with Gasteiger partial charge in [-0.15, -0.1) is 0 Å². The van der Waals surface area contributed by atoms with E-state index in [4.69, 9.17) is 9.47 Å². The van der Waals surface area contributed by atoms with Gasteiger partial charge < -0.3 is 9.47 Å². The summed E-state index contributed by atoms with van der Waals surface area (Å²) in [5, 5.41) is 0. The van der Waals surface area contributed by atoms with Crippen molar-refractivity contribution in [2.75, 3.05) is 14.2 Å². The zero-order valence-electron chi connectivity index (χ0n) is 10.6. The van der Waals surface area contributed by atoms with Gasteiger partial charge in [0.2, 0.25) is 0 Å². The molecular weight excluding hydrogens is 224 g/mol. The standard InChI is InChI=1S/C16H16O2/c1-17-15-8-5-6-13(12-15)10-11-14-7-3-4-9-16(14)18-2/h3-12H,1-2H3. The summed E-state index contributed by atoms with van der Waals surface area (Å²) in [6.07, 6.45) is 4.08. The second-order valence-electron chi connectivity index (χ2n) is 3.85. The third kappa shape index (κ3) is 2.92. The first-order valence-electron chi connectivity index (χ1n) is 5.78. The monoisotopic (exact) mass is 240 g/mol. The molecule has 0 saturated carbocycles. The molecule has 0 N–H and O–H groups in total. The first-order chi connectivity index (χ1) is 8.83. The fraction of sp³-hybridized carbons (Fsp3) is 0.125. The number of hydrogen-bond donors (Lipinski definition) is 0. The highest BCUT2D eigenvalue weighted by atomic mass is 16.5. The minimum absolute atomic E-state index is 0.858. The Labute approximate surface area is 107 Å². The van der Waals surface area contributed by atoms with Crippen molar-refractivity contribution >= 4 is 12.2 Å². The van der Waals surface area contributed by atoms with Gasteiger partial charge in [0.1, 0.15) is 11.5 Å². The fourth-order valence-corrected chi connectivity index (χ4v) is 1.74. The molecule has 0 aliphatic heterocycles. The number of methoxy groups -OCH3 is 2. The van der Waals surface area contributed by atoms with E-state index in [1.165, 1.54) is 0 Å². The molecule has 0 fully saturated rings. The van der Waals surface area contributed by atoms with Crippen molar-refractivity contribution in [1.82, 2.24) is 0 Å². The molecule has 0 saturated heterocycles. The highest BCUT2D eigenvalue weighted by Gasteiger charge is 1.97. The van der Waals surface area contributed by atoms with E-state index in [1.807, 2.05) is 60.7 Å². The average molecular weight is 240 g/mol. The van der Waals surface area contributed by atoms with Crippen molar-refractivity contribution in [3.8, 4) is 11.5 Å². The molecule has 18 heavy (non-hydrogen) atoms. The SMILES string of the molecule is COc1cccc(C=Cc2ccccc2OC)c1. The van der Waals surface area contributed by atoms with Crippen LogP contribution in [0.5, 0.6) is 11.5 Å². The second kappa shape index (κ2) is 5.92. The topological polar surface area (TPSA) is 18.5 Å². The van der Waals surface area contributed by atoms with Crippen LogP contribution in [0.3, 0.4) is 0 Å². The van der Waals surface area contributed by atoms with E-state index in [-0.39, 0.29) is 0 Å². The van der Waals surface area contributed by atoms with Crippen molar-refractivity contribution in [1.29, 1.82) is 0 Å². The lowest BCUT2D eigenvalue weighted by molar-refractivity contribution is 0.414. The van der Waals surface area contributed by atoms with Crippen molar-refractivity contribution in [2.24, 2.45) is 0 Å². The number of hydrogen-bond acceptors (Lipinski definition) is 2. The molecule has 0 heterocycles. The van der Waals surface area contributed by atoms with Crippen molar-refractivity contribution in [2.45, 2.75) is 0 Å². The summed E-state index contributed by atoms with van der Waals surface area (Å²) in [5.74, 6) is 1.73. The fourth-order valence-electron chi connectivity index (χ4n) is 1.74. The molecule has 0 radical (unpaired) electrons. The second-order valence-corrected chi connectivity index (χ2v) is 3.85. The maximum atomic E-state index is 5.30. The summed E-state index contributed by atoms with van der Waals surface area (Å²) < 4.78 is 10.5. The summed E-state index contributed by atoms with van der Waals surface area (Å²) in [6, 6.07) is 15.9. The molecule has 0 spiro atoms. The van der Waals surface area contributed by atoms with Crippen LogP contribution in [0.25, 0.3) is 12.2 Å². The number of benzene rings is 2. The summed E-state index contributed by atoms with van der Waals surface area (Å²) in [5.41, 5.74) is 2.16. The Morgan fingerprint density at radius 2 is 1.67 bits per heavy atom. The van der Waals surface area contributed by atoms with Crippen molar-refractivity contribution < 1.29 is 9.47 Å². The van der Waals surface area contributed by atoms with Crippen LogP contribution in [0.4, 0.5) is 0 Å². The zero-order chi connectivity index (χ0) is 12.8. The summed E-state index contributed by atoms with van der Waals surface area (Å²) in [6.45, 7) is 0. The van der Waals surface area contributed by atoms with Crippen LogP contribution in [0.2, 0.25) is 0 Å². The first-order valence-corrected chi connectivity index (χ1v) is 5.78. The van der Waals surface area contributed by atoms with E-state index in [0.717, 1.165) is 22.6 Å². The Balaban J connectivity index is 2.24. The van der Waals surface area contributed by atoms with Crippen LogP contribution in [-0.4, -0.2) is 14.2 Å². The van der Waals surface area contributed by atoms with E-state index in [1.54, 1.807) is 14.2 Å². The van der Waals surface area contributed by atoms with Gasteiger partial charge in [-0.25, -0.2) is 0 Å². The Morgan fingerprint density at radius 3 is 2.44 bits per heavy atom. The third-order valence-electron chi connectivity index (χ3n) is 2.69. The molecule has 2 rings (SSSR count). The van der Waals surface area contributed by atoms with Crippen LogP contribution >= 0.6 is 0 Å². The van der Waals surface area contributed by atoms with Crippen LogP contribution in [0.15, 0.2) is 48.5 Å². The van der Waals surface area contributed by atoms with Gasteiger partial charge in [-0.3, -0.25) is 0 Å². The molecule has 0 amide bonds. The van der Waals surface area contributed by atoms with Gasteiger partial charge in [0.25, 0.3) is 0 Å². The average Bonchev–Trinajstić information content (AvgIpc) is 2.45. The predicted molar refractivity (Wildman–Crippen MR) is 74.9 cm³/mol. The Bertz CT molecular complexity index is 544. The summed E-state index contributed by atoms with van der Waals surface area (Å²) in [4.78, 5) is 0. The van der Waals surface area contributed by atoms with Crippen molar-refractivity contribution in [3.63, 3.8) is 0 Å². The summed E-state index contributed by atoms with van der Waals surface area (Å²) >= 11 is 0. The lowest BCUT2D eigenvalue weighted by atomic mass is 10.1. The van der Waals surface area contributed by atoms with Gasteiger partial charge in [-0.2, -0.15) is 0 Å².